The largest absolute Gasteiger partial charge is 0.453 e. The summed E-state index contributed by atoms with van der Waals surface area (Å²) in [6.45, 7) is 6.39. The molecular weight excluding hydrogens is 471 g/mol. The van der Waals surface area contributed by atoms with E-state index >= 15 is 0 Å². The molecule has 0 atom stereocenters. The molecule has 0 unspecified atom stereocenters. The highest BCUT2D eigenvalue weighted by Crippen LogP contribution is 2.09. The van der Waals surface area contributed by atoms with E-state index in [1.54, 1.807) is 7.05 Å². The third kappa shape index (κ3) is 7.75. The number of methoxy groups -OCH3 is 1. The molecule has 0 bridgehead atoms. The van der Waals surface area contributed by atoms with Crippen molar-refractivity contribution in [2.24, 2.45) is 4.99 Å². The first-order valence-corrected chi connectivity index (χ1v) is 8.91. The third-order valence-electron chi connectivity index (χ3n) is 4.01. The van der Waals surface area contributed by atoms with Crippen LogP contribution < -0.4 is 16.0 Å². The number of anilines is 1. The monoisotopic (exact) mass is 500 g/mol. The molecule has 154 valence electrons. The van der Waals surface area contributed by atoms with E-state index in [2.05, 4.69) is 43.8 Å². The lowest BCUT2D eigenvalue weighted by atomic mass is 10.2. The Kier molecular flexibility index (Phi) is 10.4. The number of nitrogens with zero attached hydrogens (tertiary/aromatic N) is 3. The van der Waals surface area contributed by atoms with E-state index in [9.17, 15) is 4.79 Å². The number of amides is 1. The van der Waals surface area contributed by atoms with E-state index in [0.29, 0.717) is 12.2 Å². The van der Waals surface area contributed by atoms with Gasteiger partial charge in [0.25, 0.3) is 0 Å². The maximum absolute atomic E-state index is 11.2. The number of halogens is 1. The molecule has 2 aromatic rings. The minimum atomic E-state index is -0.481. The number of aliphatic imine (C=N–C) groups is 1. The van der Waals surface area contributed by atoms with E-state index < -0.39 is 6.09 Å². The van der Waals surface area contributed by atoms with E-state index in [-0.39, 0.29) is 24.0 Å². The molecule has 0 saturated heterocycles. The number of carbonyl (C=O) groups excluding carboxylic acids is 1. The van der Waals surface area contributed by atoms with Crippen LogP contribution in [0.25, 0.3) is 0 Å². The van der Waals surface area contributed by atoms with Gasteiger partial charge in [0.15, 0.2) is 5.96 Å². The summed E-state index contributed by atoms with van der Waals surface area (Å²) in [7, 11) is 3.09. The number of ether oxygens (including phenoxy) is 1. The van der Waals surface area contributed by atoms with Crippen LogP contribution in [0.2, 0.25) is 0 Å². The molecule has 0 aliphatic heterocycles. The predicted octanol–water partition coefficient (Wildman–Crippen LogP) is 3.05. The van der Waals surface area contributed by atoms with E-state index in [1.807, 2.05) is 35.9 Å². The molecule has 0 fully saturated rings. The Morgan fingerprint density at radius 1 is 1.21 bits per heavy atom. The molecule has 28 heavy (non-hydrogen) atoms. The van der Waals surface area contributed by atoms with Gasteiger partial charge in [-0.3, -0.25) is 15.0 Å². The van der Waals surface area contributed by atoms with Crippen LogP contribution >= 0.6 is 24.0 Å². The zero-order valence-corrected chi connectivity index (χ0v) is 19.1. The van der Waals surface area contributed by atoms with Gasteiger partial charge in [0.2, 0.25) is 0 Å². The van der Waals surface area contributed by atoms with Gasteiger partial charge in [-0.15, -0.1) is 24.0 Å². The van der Waals surface area contributed by atoms with Crippen molar-refractivity contribution in [3.8, 4) is 0 Å². The lowest BCUT2D eigenvalue weighted by molar-refractivity contribution is 0.187. The first-order chi connectivity index (χ1) is 13.0. The van der Waals surface area contributed by atoms with Crippen molar-refractivity contribution in [2.75, 3.05) is 26.0 Å². The molecule has 1 aromatic heterocycles. The Morgan fingerprint density at radius 2 is 1.93 bits per heavy atom. The molecule has 3 N–H and O–H groups in total. The van der Waals surface area contributed by atoms with Gasteiger partial charge in [-0.2, -0.15) is 5.10 Å². The van der Waals surface area contributed by atoms with Gasteiger partial charge in [0.05, 0.1) is 12.8 Å². The Bertz CT molecular complexity index is 773. The number of benzene rings is 1. The summed E-state index contributed by atoms with van der Waals surface area (Å²) in [5, 5.41) is 13.7. The van der Waals surface area contributed by atoms with Crippen molar-refractivity contribution < 1.29 is 9.53 Å². The number of carbonyl (C=O) groups is 1. The number of nitrogens with one attached hydrogen (secondary N) is 3. The highest BCUT2D eigenvalue weighted by Gasteiger charge is 2.03. The normalized spacial score (nSPS) is 10.8. The Hall–Kier alpha value is -2.30. The highest BCUT2D eigenvalue weighted by atomic mass is 127. The van der Waals surface area contributed by atoms with Crippen LogP contribution in [-0.4, -0.2) is 42.5 Å². The van der Waals surface area contributed by atoms with Gasteiger partial charge in [-0.25, -0.2) is 4.79 Å². The topological polar surface area (TPSA) is 92.6 Å². The predicted molar refractivity (Wildman–Crippen MR) is 122 cm³/mol. The Labute approximate surface area is 183 Å². The molecule has 0 radical (unpaired) electrons. The van der Waals surface area contributed by atoms with Crippen LogP contribution in [0.4, 0.5) is 10.5 Å². The van der Waals surface area contributed by atoms with E-state index in [1.165, 1.54) is 12.8 Å². The molecule has 1 amide bonds. The average Bonchev–Trinajstić information content (AvgIpc) is 2.99. The fourth-order valence-corrected chi connectivity index (χ4v) is 2.62. The van der Waals surface area contributed by atoms with Crippen molar-refractivity contribution in [1.29, 1.82) is 0 Å². The van der Waals surface area contributed by atoms with Crippen LogP contribution in [0.1, 0.15) is 23.4 Å². The van der Waals surface area contributed by atoms with Crippen molar-refractivity contribution in [1.82, 2.24) is 20.4 Å². The molecule has 0 spiro atoms. The summed E-state index contributed by atoms with van der Waals surface area (Å²) in [5.41, 5.74) is 4.00. The van der Waals surface area contributed by atoms with Gasteiger partial charge in [-0.1, -0.05) is 12.1 Å². The number of hydrogen-bond donors (Lipinski definition) is 3. The summed E-state index contributed by atoms with van der Waals surface area (Å²) < 4.78 is 6.59. The highest BCUT2D eigenvalue weighted by molar-refractivity contribution is 14.0. The Balaban J connectivity index is 0.00000392. The van der Waals surface area contributed by atoms with Crippen LogP contribution in [0.3, 0.4) is 0 Å². The Morgan fingerprint density at radius 3 is 2.50 bits per heavy atom. The summed E-state index contributed by atoms with van der Waals surface area (Å²) in [5.74, 6) is 0.750. The summed E-state index contributed by atoms with van der Waals surface area (Å²) >= 11 is 0. The van der Waals surface area contributed by atoms with Gasteiger partial charge in [0.1, 0.15) is 0 Å². The fraction of sp³-hybridized carbons (Fsp3) is 0.421. The van der Waals surface area contributed by atoms with Crippen LogP contribution in [0.15, 0.2) is 35.3 Å². The lowest BCUT2D eigenvalue weighted by Gasteiger charge is -2.12. The van der Waals surface area contributed by atoms with E-state index in [4.69, 9.17) is 0 Å². The second-order valence-electron chi connectivity index (χ2n) is 6.17. The second kappa shape index (κ2) is 12.2. The van der Waals surface area contributed by atoms with Gasteiger partial charge < -0.3 is 15.4 Å². The number of guanidine groups is 1. The molecule has 0 aliphatic rings. The smallest absolute Gasteiger partial charge is 0.411 e. The SMILES string of the molecule is CN=C(NCCCn1nc(C)cc1C)NCc1ccc(NC(=O)OC)cc1.I. The zero-order valence-electron chi connectivity index (χ0n) is 16.8. The second-order valence-corrected chi connectivity index (χ2v) is 6.17. The molecule has 0 saturated carbocycles. The third-order valence-corrected chi connectivity index (χ3v) is 4.01. The van der Waals surface area contributed by atoms with Crippen LogP contribution in [-0.2, 0) is 17.8 Å². The molecule has 1 heterocycles. The molecule has 9 heteroatoms. The number of aryl methyl sites for hydroxylation is 3. The van der Waals surface area contributed by atoms with Gasteiger partial charge in [-0.05, 0) is 44.0 Å². The van der Waals surface area contributed by atoms with Crippen molar-refractivity contribution in [3.05, 3.63) is 47.3 Å². The van der Waals surface area contributed by atoms with E-state index in [0.717, 1.165) is 36.7 Å². The standard InChI is InChI=1S/C19H28N6O2.HI/c1-14-12-15(2)25(24-14)11-5-10-21-18(20-3)22-13-16-6-8-17(9-7-16)23-19(26)27-4;/h6-9,12H,5,10-11,13H2,1-4H3,(H,23,26)(H2,20,21,22);1H. The average molecular weight is 500 g/mol. The minimum absolute atomic E-state index is 0. The van der Waals surface area contributed by atoms with Crippen LogP contribution in [0, 0.1) is 13.8 Å². The van der Waals surface area contributed by atoms with Crippen molar-refractivity contribution in [3.63, 3.8) is 0 Å². The molecule has 2 rings (SSSR count). The molecule has 1 aromatic carbocycles. The fourth-order valence-electron chi connectivity index (χ4n) is 2.62. The van der Waals surface area contributed by atoms with Crippen LogP contribution in [0.5, 0.6) is 0 Å². The molecule has 8 nitrogen and oxygen atoms in total. The number of hydrogen-bond acceptors (Lipinski definition) is 4. The summed E-state index contributed by atoms with van der Waals surface area (Å²) in [6, 6.07) is 9.62. The lowest BCUT2D eigenvalue weighted by Crippen LogP contribution is -2.37. The first-order valence-electron chi connectivity index (χ1n) is 8.91. The van der Waals surface area contributed by atoms with Gasteiger partial charge in [0, 0.05) is 38.1 Å². The van der Waals surface area contributed by atoms with Crippen molar-refractivity contribution in [2.45, 2.75) is 33.4 Å². The van der Waals surface area contributed by atoms with Crippen molar-refractivity contribution >= 4 is 41.7 Å². The summed E-state index contributed by atoms with van der Waals surface area (Å²) in [4.78, 5) is 15.4. The molecule has 0 aliphatic carbocycles. The van der Waals surface area contributed by atoms with Gasteiger partial charge >= 0.3 is 6.09 Å². The number of aromatic nitrogens is 2. The zero-order chi connectivity index (χ0) is 19.6. The minimum Gasteiger partial charge on any atom is -0.453 e. The quantitative estimate of drug-likeness (QED) is 0.235. The maximum atomic E-state index is 11.2. The molecular formula is C19H29IN6O2. The summed E-state index contributed by atoms with van der Waals surface area (Å²) in [6.07, 6.45) is 0.474. The number of rotatable bonds is 7. The first kappa shape index (κ1) is 23.7. The maximum Gasteiger partial charge on any atom is 0.411 e.